The normalized spacial score (nSPS) is 19.3. The average Bonchev–Trinajstić information content (AvgIpc) is 2.60. The Kier molecular flexibility index (Phi) is 5.17. The second-order valence-electron chi connectivity index (χ2n) is 5.66. The first-order valence-corrected chi connectivity index (χ1v) is 7.57. The van der Waals surface area contributed by atoms with Crippen LogP contribution in [-0.4, -0.2) is 40.8 Å². The van der Waals surface area contributed by atoms with Crippen LogP contribution in [0.4, 0.5) is 0 Å². The van der Waals surface area contributed by atoms with Crippen molar-refractivity contribution >= 4 is 23.4 Å². The highest BCUT2D eigenvalue weighted by atomic mass is 35.5. The zero-order chi connectivity index (χ0) is 15.4. The Balaban J connectivity index is 2.27. The first kappa shape index (κ1) is 15.8. The molecule has 1 aliphatic rings. The van der Waals surface area contributed by atoms with Gasteiger partial charge in [-0.2, -0.15) is 0 Å². The van der Waals surface area contributed by atoms with Crippen LogP contribution in [-0.2, 0) is 4.79 Å². The first-order chi connectivity index (χ1) is 9.99. The van der Waals surface area contributed by atoms with E-state index in [2.05, 4.69) is 10.3 Å². The van der Waals surface area contributed by atoms with Crippen LogP contribution in [0.1, 0.15) is 37.0 Å². The van der Waals surface area contributed by atoms with Gasteiger partial charge in [0.05, 0.1) is 0 Å². The highest BCUT2D eigenvalue weighted by molar-refractivity contribution is 6.29. The van der Waals surface area contributed by atoms with E-state index >= 15 is 0 Å². The zero-order valence-electron chi connectivity index (χ0n) is 12.3. The summed E-state index contributed by atoms with van der Waals surface area (Å²) >= 11 is 5.85. The minimum absolute atomic E-state index is 0.0743. The van der Waals surface area contributed by atoms with Crippen LogP contribution in [0, 0.1) is 5.92 Å². The van der Waals surface area contributed by atoms with E-state index in [1.165, 1.54) is 6.20 Å². The van der Waals surface area contributed by atoms with Gasteiger partial charge in [-0.15, -0.1) is 0 Å². The summed E-state index contributed by atoms with van der Waals surface area (Å²) in [6, 6.07) is 2.75. The van der Waals surface area contributed by atoms with Gasteiger partial charge in [0.2, 0.25) is 5.91 Å². The van der Waals surface area contributed by atoms with Crippen molar-refractivity contribution in [3.05, 3.63) is 29.0 Å². The quantitative estimate of drug-likeness (QED) is 0.870. The van der Waals surface area contributed by atoms with Crippen LogP contribution >= 0.6 is 11.6 Å². The van der Waals surface area contributed by atoms with Crippen LogP contribution in [0.15, 0.2) is 18.3 Å². The lowest BCUT2D eigenvalue weighted by atomic mass is 10.0. The molecule has 2 rings (SSSR count). The molecule has 114 valence electrons. The van der Waals surface area contributed by atoms with Gasteiger partial charge in [0.15, 0.2) is 0 Å². The lowest BCUT2D eigenvalue weighted by Crippen LogP contribution is -2.47. The number of carbonyl (C=O) groups is 2. The molecular formula is C15H20ClN3O2. The minimum atomic E-state index is -0.424. The molecule has 1 N–H and O–H groups in total. The van der Waals surface area contributed by atoms with E-state index in [1.54, 1.807) is 17.0 Å². The number of carbonyl (C=O) groups excluding carboxylic acids is 2. The SMILES string of the molecule is CC(C)C[C@@H]1C(=O)NCCCN1C(=O)c1ccnc(Cl)c1. The summed E-state index contributed by atoms with van der Waals surface area (Å²) in [5.74, 6) is 0.0897. The summed E-state index contributed by atoms with van der Waals surface area (Å²) < 4.78 is 0. The molecule has 2 heterocycles. The highest BCUT2D eigenvalue weighted by Crippen LogP contribution is 2.18. The van der Waals surface area contributed by atoms with Gasteiger partial charge in [0, 0.05) is 24.8 Å². The maximum atomic E-state index is 12.7. The van der Waals surface area contributed by atoms with Crippen molar-refractivity contribution in [1.29, 1.82) is 0 Å². The smallest absolute Gasteiger partial charge is 0.254 e. The van der Waals surface area contributed by atoms with Crippen LogP contribution in [0.25, 0.3) is 0 Å². The zero-order valence-corrected chi connectivity index (χ0v) is 13.1. The number of halogens is 1. The van der Waals surface area contributed by atoms with Crippen molar-refractivity contribution in [1.82, 2.24) is 15.2 Å². The molecule has 2 amide bonds. The molecule has 0 aromatic carbocycles. The molecule has 6 heteroatoms. The second-order valence-corrected chi connectivity index (χ2v) is 6.04. The summed E-state index contributed by atoms with van der Waals surface area (Å²) in [6.07, 6.45) is 2.91. The molecule has 0 bridgehead atoms. The summed E-state index contributed by atoms with van der Waals surface area (Å²) in [4.78, 5) is 30.5. The Labute approximate surface area is 129 Å². The number of aromatic nitrogens is 1. The van der Waals surface area contributed by atoms with Gasteiger partial charge >= 0.3 is 0 Å². The van der Waals surface area contributed by atoms with Crippen LogP contribution in [0.5, 0.6) is 0 Å². The standard InChI is InChI=1S/C15H20ClN3O2/c1-10(2)8-12-14(20)18-5-3-7-19(12)15(21)11-4-6-17-13(16)9-11/h4,6,9-10,12H,3,5,7-8H2,1-2H3,(H,18,20)/t12-/m1/s1. The third-order valence-electron chi connectivity index (χ3n) is 3.48. The number of hydrogen-bond donors (Lipinski definition) is 1. The van der Waals surface area contributed by atoms with Crippen LogP contribution in [0.3, 0.4) is 0 Å². The fourth-order valence-corrected chi connectivity index (χ4v) is 2.68. The number of nitrogens with zero attached hydrogens (tertiary/aromatic N) is 2. The van der Waals surface area contributed by atoms with E-state index in [0.717, 1.165) is 6.42 Å². The molecule has 0 radical (unpaired) electrons. The van der Waals surface area contributed by atoms with E-state index in [4.69, 9.17) is 11.6 Å². The Bertz CT molecular complexity index is 533. The summed E-state index contributed by atoms with van der Waals surface area (Å²) in [5.41, 5.74) is 0.471. The molecule has 0 unspecified atom stereocenters. The molecule has 1 saturated heterocycles. The Hall–Kier alpha value is -1.62. The van der Waals surface area contributed by atoms with Gasteiger partial charge in [-0.05, 0) is 30.9 Å². The Morgan fingerprint density at radius 3 is 3.00 bits per heavy atom. The largest absolute Gasteiger partial charge is 0.354 e. The number of hydrogen-bond acceptors (Lipinski definition) is 3. The van der Waals surface area contributed by atoms with Crippen molar-refractivity contribution in [2.45, 2.75) is 32.7 Å². The molecule has 1 aromatic heterocycles. The number of rotatable bonds is 3. The van der Waals surface area contributed by atoms with E-state index in [9.17, 15) is 9.59 Å². The van der Waals surface area contributed by atoms with Crippen molar-refractivity contribution in [3.63, 3.8) is 0 Å². The van der Waals surface area contributed by atoms with Crippen LogP contribution in [0.2, 0.25) is 5.15 Å². The third-order valence-corrected chi connectivity index (χ3v) is 3.69. The van der Waals surface area contributed by atoms with Gasteiger partial charge in [0.1, 0.15) is 11.2 Å². The lowest BCUT2D eigenvalue weighted by molar-refractivity contribution is -0.125. The molecule has 1 fully saturated rings. The summed E-state index contributed by atoms with van der Waals surface area (Å²) in [5, 5.41) is 3.15. The molecule has 0 spiro atoms. The number of nitrogens with one attached hydrogen (secondary N) is 1. The number of amides is 2. The highest BCUT2D eigenvalue weighted by Gasteiger charge is 2.32. The lowest BCUT2D eigenvalue weighted by Gasteiger charge is -2.29. The van der Waals surface area contributed by atoms with E-state index in [-0.39, 0.29) is 17.0 Å². The third kappa shape index (κ3) is 3.94. The molecule has 1 atom stereocenters. The summed E-state index contributed by atoms with van der Waals surface area (Å²) in [6.45, 7) is 5.26. The average molecular weight is 310 g/mol. The molecular weight excluding hydrogens is 290 g/mol. The number of pyridine rings is 1. The van der Waals surface area contributed by atoms with Crippen molar-refractivity contribution in [3.8, 4) is 0 Å². The van der Waals surface area contributed by atoms with Crippen LogP contribution < -0.4 is 5.32 Å². The van der Waals surface area contributed by atoms with Crippen molar-refractivity contribution < 1.29 is 9.59 Å². The van der Waals surface area contributed by atoms with Gasteiger partial charge in [-0.3, -0.25) is 9.59 Å². The molecule has 5 nitrogen and oxygen atoms in total. The van der Waals surface area contributed by atoms with Gasteiger partial charge in [-0.25, -0.2) is 4.98 Å². The monoisotopic (exact) mass is 309 g/mol. The van der Waals surface area contributed by atoms with Gasteiger partial charge in [0.25, 0.3) is 5.91 Å². The van der Waals surface area contributed by atoms with Crippen molar-refractivity contribution in [2.24, 2.45) is 5.92 Å². The minimum Gasteiger partial charge on any atom is -0.354 e. The predicted octanol–water partition coefficient (Wildman–Crippen LogP) is 2.11. The molecule has 1 aromatic rings. The van der Waals surface area contributed by atoms with Crippen molar-refractivity contribution in [2.75, 3.05) is 13.1 Å². The van der Waals surface area contributed by atoms with Gasteiger partial charge in [-0.1, -0.05) is 25.4 Å². The second kappa shape index (κ2) is 6.89. The first-order valence-electron chi connectivity index (χ1n) is 7.19. The Morgan fingerprint density at radius 2 is 2.33 bits per heavy atom. The maximum absolute atomic E-state index is 12.7. The van der Waals surface area contributed by atoms with Gasteiger partial charge < -0.3 is 10.2 Å². The molecule has 1 aliphatic heterocycles. The predicted molar refractivity (Wildman–Crippen MR) is 81.2 cm³/mol. The fourth-order valence-electron chi connectivity index (χ4n) is 2.50. The maximum Gasteiger partial charge on any atom is 0.254 e. The van der Waals surface area contributed by atoms with E-state index in [1.807, 2.05) is 13.8 Å². The molecule has 0 aliphatic carbocycles. The van der Waals surface area contributed by atoms with E-state index < -0.39 is 6.04 Å². The van der Waals surface area contributed by atoms with E-state index in [0.29, 0.717) is 31.0 Å². The fraction of sp³-hybridized carbons (Fsp3) is 0.533. The summed E-state index contributed by atoms with van der Waals surface area (Å²) in [7, 11) is 0. The molecule has 0 saturated carbocycles. The Morgan fingerprint density at radius 1 is 1.57 bits per heavy atom. The topological polar surface area (TPSA) is 62.3 Å². The molecule has 21 heavy (non-hydrogen) atoms.